The minimum Gasteiger partial charge on any atom is -0.460 e. The maximum Gasteiger partial charge on any atom is 0.417 e. The molecule has 0 atom stereocenters. The third kappa shape index (κ3) is 5.24. The summed E-state index contributed by atoms with van der Waals surface area (Å²) in [6.07, 6.45) is -3.81. The fourth-order valence-electron chi connectivity index (χ4n) is 1.92. The number of esters is 1. The van der Waals surface area contributed by atoms with Gasteiger partial charge in [0.1, 0.15) is 12.4 Å². The Morgan fingerprint density at radius 1 is 1.24 bits per heavy atom. The average Bonchev–Trinajstić information content (AvgIpc) is 2.54. The van der Waals surface area contributed by atoms with Crippen molar-refractivity contribution < 1.29 is 22.7 Å². The van der Waals surface area contributed by atoms with E-state index in [1.165, 1.54) is 17.0 Å². The summed E-state index contributed by atoms with van der Waals surface area (Å²) >= 11 is 11.6. The molecule has 9 heteroatoms. The normalized spacial score (nSPS) is 11.3. The summed E-state index contributed by atoms with van der Waals surface area (Å²) in [4.78, 5) is 17.1. The predicted octanol–water partition coefficient (Wildman–Crippen LogP) is 4.70. The van der Waals surface area contributed by atoms with Crippen molar-refractivity contribution in [1.29, 1.82) is 0 Å². The number of carbonyl (C=O) groups is 1. The van der Waals surface area contributed by atoms with E-state index >= 15 is 0 Å². The van der Waals surface area contributed by atoms with Crippen LogP contribution in [0.4, 0.5) is 19.0 Å². The molecule has 1 aromatic carbocycles. The topological polar surface area (TPSA) is 42.4 Å². The van der Waals surface area contributed by atoms with E-state index in [1.807, 2.05) is 0 Å². The third-order valence-corrected chi connectivity index (χ3v) is 3.78. The molecule has 0 aliphatic carbocycles. The van der Waals surface area contributed by atoms with Crippen LogP contribution in [0.25, 0.3) is 0 Å². The van der Waals surface area contributed by atoms with E-state index in [2.05, 4.69) is 4.98 Å². The fourth-order valence-corrected chi connectivity index (χ4v) is 2.35. The number of alkyl halides is 3. The Balaban J connectivity index is 1.93. The first-order chi connectivity index (χ1) is 11.7. The van der Waals surface area contributed by atoms with Crippen molar-refractivity contribution in [3.05, 3.63) is 57.7 Å². The Labute approximate surface area is 152 Å². The van der Waals surface area contributed by atoms with Gasteiger partial charge in [-0.25, -0.2) is 9.78 Å². The first-order valence-corrected chi connectivity index (χ1v) is 7.80. The van der Waals surface area contributed by atoms with Gasteiger partial charge in [-0.05, 0) is 30.3 Å². The molecule has 0 saturated carbocycles. The SMILES string of the molecule is CN(CCOC(=O)c1ccc(Cl)cc1)c1ncc(C(F)(F)F)cc1Cl. The van der Waals surface area contributed by atoms with E-state index < -0.39 is 17.7 Å². The molecule has 134 valence electrons. The summed E-state index contributed by atoms with van der Waals surface area (Å²) in [5.74, 6) is -0.367. The van der Waals surface area contributed by atoms with Crippen molar-refractivity contribution >= 4 is 35.0 Å². The number of aromatic nitrogens is 1. The molecule has 0 N–H and O–H groups in total. The van der Waals surface area contributed by atoms with Crippen LogP contribution in [0.2, 0.25) is 10.0 Å². The first-order valence-electron chi connectivity index (χ1n) is 7.05. The van der Waals surface area contributed by atoms with E-state index in [9.17, 15) is 18.0 Å². The Morgan fingerprint density at radius 3 is 2.44 bits per heavy atom. The number of nitrogens with zero attached hydrogens (tertiary/aromatic N) is 2. The average molecular weight is 393 g/mol. The Bertz CT molecular complexity index is 752. The predicted molar refractivity (Wildman–Crippen MR) is 89.3 cm³/mol. The van der Waals surface area contributed by atoms with E-state index in [4.69, 9.17) is 27.9 Å². The highest BCUT2D eigenvalue weighted by atomic mass is 35.5. The van der Waals surface area contributed by atoms with Crippen LogP contribution in [0, 0.1) is 0 Å². The zero-order valence-corrected chi connectivity index (χ0v) is 14.5. The highest BCUT2D eigenvalue weighted by Crippen LogP contribution is 2.33. The number of pyridine rings is 1. The van der Waals surface area contributed by atoms with Crippen LogP contribution in [-0.4, -0.2) is 31.2 Å². The van der Waals surface area contributed by atoms with E-state index in [0.717, 1.165) is 6.07 Å². The van der Waals surface area contributed by atoms with Gasteiger partial charge in [0.25, 0.3) is 0 Å². The van der Waals surface area contributed by atoms with Gasteiger partial charge in [-0.3, -0.25) is 0 Å². The van der Waals surface area contributed by atoms with Gasteiger partial charge in [0.2, 0.25) is 0 Å². The van der Waals surface area contributed by atoms with Gasteiger partial charge in [0.05, 0.1) is 22.7 Å². The van der Waals surface area contributed by atoms with Crippen molar-refractivity contribution in [2.45, 2.75) is 6.18 Å². The first kappa shape index (κ1) is 19.3. The maximum absolute atomic E-state index is 12.6. The lowest BCUT2D eigenvalue weighted by molar-refractivity contribution is -0.137. The number of hydrogen-bond acceptors (Lipinski definition) is 4. The van der Waals surface area contributed by atoms with Crippen LogP contribution in [0.1, 0.15) is 15.9 Å². The number of carbonyl (C=O) groups excluding carboxylic acids is 1. The van der Waals surface area contributed by atoms with E-state index in [-0.39, 0.29) is 24.0 Å². The number of halogens is 5. The highest BCUT2D eigenvalue weighted by Gasteiger charge is 2.31. The number of likely N-dealkylation sites (N-methyl/N-ethyl adjacent to an activating group) is 1. The molecule has 0 bridgehead atoms. The molecule has 0 spiro atoms. The van der Waals surface area contributed by atoms with Crippen LogP contribution in [-0.2, 0) is 10.9 Å². The quantitative estimate of drug-likeness (QED) is 0.691. The number of benzene rings is 1. The van der Waals surface area contributed by atoms with Gasteiger partial charge in [0, 0.05) is 18.3 Å². The number of ether oxygens (including phenoxy) is 1. The standard InChI is InChI=1S/C16H13Cl2F3N2O2/c1-23(14-13(18)8-11(9-22-14)16(19,20)21)6-7-25-15(24)10-2-4-12(17)5-3-10/h2-5,8-9H,6-7H2,1H3. The van der Waals surface area contributed by atoms with Gasteiger partial charge in [-0.15, -0.1) is 0 Å². The second kappa shape index (κ2) is 7.93. The second-order valence-electron chi connectivity index (χ2n) is 5.09. The molecule has 1 aromatic heterocycles. The Morgan fingerprint density at radius 2 is 1.88 bits per heavy atom. The molecule has 4 nitrogen and oxygen atoms in total. The summed E-state index contributed by atoms with van der Waals surface area (Å²) < 4.78 is 42.9. The van der Waals surface area contributed by atoms with Crippen molar-refractivity contribution in [3.63, 3.8) is 0 Å². The molecule has 0 fully saturated rings. The van der Waals surface area contributed by atoms with Crippen LogP contribution >= 0.6 is 23.2 Å². The molecule has 0 aliphatic rings. The molecule has 1 heterocycles. The Hall–Kier alpha value is -1.99. The summed E-state index contributed by atoms with van der Waals surface area (Å²) in [6, 6.07) is 7.00. The largest absolute Gasteiger partial charge is 0.460 e. The molecule has 0 aliphatic heterocycles. The molecule has 2 rings (SSSR count). The summed E-state index contributed by atoms with van der Waals surface area (Å²) in [5, 5.41) is 0.362. The molecule has 0 saturated heterocycles. The lowest BCUT2D eigenvalue weighted by atomic mass is 10.2. The highest BCUT2D eigenvalue weighted by molar-refractivity contribution is 6.33. The smallest absolute Gasteiger partial charge is 0.417 e. The molecular weight excluding hydrogens is 380 g/mol. The summed E-state index contributed by atoms with van der Waals surface area (Å²) in [5.41, 5.74) is -0.582. The van der Waals surface area contributed by atoms with Gasteiger partial charge >= 0.3 is 12.1 Å². The zero-order chi connectivity index (χ0) is 18.6. The number of anilines is 1. The van der Waals surface area contributed by atoms with Crippen molar-refractivity contribution in [2.24, 2.45) is 0 Å². The molecular formula is C16H13Cl2F3N2O2. The van der Waals surface area contributed by atoms with Crippen molar-refractivity contribution in [1.82, 2.24) is 4.98 Å². The molecule has 2 aromatic rings. The van der Waals surface area contributed by atoms with Crippen LogP contribution in [0.15, 0.2) is 36.5 Å². The summed E-state index contributed by atoms with van der Waals surface area (Å²) in [6.45, 7) is 0.217. The van der Waals surface area contributed by atoms with Crippen LogP contribution in [0.3, 0.4) is 0 Å². The number of rotatable bonds is 5. The van der Waals surface area contributed by atoms with Gasteiger partial charge in [0.15, 0.2) is 0 Å². The second-order valence-corrected chi connectivity index (χ2v) is 5.94. The molecule has 0 radical (unpaired) electrons. The van der Waals surface area contributed by atoms with Crippen LogP contribution in [0.5, 0.6) is 0 Å². The van der Waals surface area contributed by atoms with E-state index in [0.29, 0.717) is 16.8 Å². The number of hydrogen-bond donors (Lipinski definition) is 0. The fraction of sp³-hybridized carbons (Fsp3) is 0.250. The molecule has 25 heavy (non-hydrogen) atoms. The minimum absolute atomic E-state index is 0.0109. The zero-order valence-electron chi connectivity index (χ0n) is 13.0. The summed E-state index contributed by atoms with van der Waals surface area (Å²) in [7, 11) is 1.58. The van der Waals surface area contributed by atoms with Gasteiger partial charge < -0.3 is 9.64 Å². The van der Waals surface area contributed by atoms with Gasteiger partial charge in [-0.2, -0.15) is 13.2 Å². The van der Waals surface area contributed by atoms with E-state index in [1.54, 1.807) is 19.2 Å². The Kier molecular flexibility index (Phi) is 6.13. The van der Waals surface area contributed by atoms with Gasteiger partial charge in [-0.1, -0.05) is 23.2 Å². The lowest BCUT2D eigenvalue weighted by Crippen LogP contribution is -2.25. The molecule has 0 unspecified atom stereocenters. The minimum atomic E-state index is -4.51. The third-order valence-electron chi connectivity index (χ3n) is 3.25. The molecule has 0 amide bonds. The maximum atomic E-state index is 12.6. The van der Waals surface area contributed by atoms with Crippen molar-refractivity contribution in [2.75, 3.05) is 25.1 Å². The monoisotopic (exact) mass is 392 g/mol. The van der Waals surface area contributed by atoms with Crippen molar-refractivity contribution in [3.8, 4) is 0 Å². The lowest BCUT2D eigenvalue weighted by Gasteiger charge is -2.20. The van der Waals surface area contributed by atoms with Crippen LogP contribution < -0.4 is 4.90 Å².